The number of fused-ring (bicyclic) bond motifs is 1. The lowest BCUT2D eigenvalue weighted by Crippen LogP contribution is -2.40. The summed E-state index contributed by atoms with van der Waals surface area (Å²) in [7, 11) is 1.98. The minimum absolute atomic E-state index is 0.0510. The molecule has 6 nitrogen and oxygen atoms in total. The van der Waals surface area contributed by atoms with Gasteiger partial charge >= 0.3 is 0 Å². The van der Waals surface area contributed by atoms with Gasteiger partial charge in [-0.25, -0.2) is 4.68 Å². The van der Waals surface area contributed by atoms with Crippen LogP contribution in [-0.4, -0.2) is 59.1 Å². The van der Waals surface area contributed by atoms with Crippen molar-refractivity contribution in [2.75, 3.05) is 33.3 Å². The molecule has 2 aromatic rings. The Morgan fingerprint density at radius 1 is 1.41 bits per heavy atom. The molecule has 0 fully saturated rings. The van der Waals surface area contributed by atoms with Gasteiger partial charge in [-0.05, 0) is 20.0 Å². The molecule has 0 aliphatic heterocycles. The van der Waals surface area contributed by atoms with E-state index in [-0.39, 0.29) is 18.2 Å². The second kappa shape index (κ2) is 8.03. The molecule has 120 valence electrons. The molecule has 1 aromatic carbocycles. The number of benzene rings is 1. The molecule has 1 aromatic heterocycles. The number of aromatic nitrogens is 2. The summed E-state index contributed by atoms with van der Waals surface area (Å²) in [5, 5.41) is 18.0. The molecule has 22 heavy (non-hydrogen) atoms. The van der Waals surface area contributed by atoms with Crippen LogP contribution in [0.1, 0.15) is 6.92 Å². The Kier molecular flexibility index (Phi) is 6.06. The summed E-state index contributed by atoms with van der Waals surface area (Å²) in [5.41, 5.74) is -0.0510. The predicted molar refractivity (Wildman–Crippen MR) is 88.1 cm³/mol. The Balaban J connectivity index is 1.90. The second-order valence-electron chi connectivity index (χ2n) is 5.60. The molecule has 0 saturated heterocycles. The van der Waals surface area contributed by atoms with Crippen molar-refractivity contribution in [1.29, 1.82) is 0 Å². The molecular formula is C16H24N4O2. The maximum absolute atomic E-state index is 12.3. The van der Waals surface area contributed by atoms with E-state index in [4.69, 9.17) is 5.11 Å². The zero-order chi connectivity index (χ0) is 15.9. The molecule has 6 heteroatoms. The van der Waals surface area contributed by atoms with Gasteiger partial charge in [0.25, 0.3) is 5.56 Å². The number of hydrogen-bond acceptors (Lipinski definition) is 5. The van der Waals surface area contributed by atoms with Crippen molar-refractivity contribution >= 4 is 10.8 Å². The average Bonchev–Trinajstić information content (AvgIpc) is 2.50. The zero-order valence-corrected chi connectivity index (χ0v) is 13.2. The van der Waals surface area contributed by atoms with Crippen LogP contribution in [0, 0.1) is 0 Å². The van der Waals surface area contributed by atoms with Crippen LogP contribution in [0.15, 0.2) is 35.3 Å². The lowest BCUT2D eigenvalue weighted by Gasteiger charge is -2.21. The fourth-order valence-electron chi connectivity index (χ4n) is 2.50. The van der Waals surface area contributed by atoms with E-state index in [0.29, 0.717) is 25.0 Å². The van der Waals surface area contributed by atoms with Gasteiger partial charge in [0, 0.05) is 31.1 Å². The SMILES string of the molecule is C[C@@H](CN(C)CCO)NCCn1ncc2ccccc2c1=O. The number of likely N-dealkylation sites (N-methyl/N-ethyl adjacent to an activating group) is 1. The fourth-order valence-corrected chi connectivity index (χ4v) is 2.50. The summed E-state index contributed by atoms with van der Waals surface area (Å²) >= 11 is 0. The van der Waals surface area contributed by atoms with Gasteiger partial charge in [0.2, 0.25) is 0 Å². The molecule has 0 radical (unpaired) electrons. The van der Waals surface area contributed by atoms with E-state index in [1.807, 2.05) is 31.3 Å². The topological polar surface area (TPSA) is 70.4 Å². The number of nitrogens with one attached hydrogen (secondary N) is 1. The minimum atomic E-state index is -0.0510. The maximum Gasteiger partial charge on any atom is 0.274 e. The number of hydrogen-bond donors (Lipinski definition) is 2. The molecule has 0 spiro atoms. The Labute approximate surface area is 130 Å². The first-order chi connectivity index (χ1) is 10.6. The van der Waals surface area contributed by atoms with Crippen LogP contribution in [0.25, 0.3) is 10.8 Å². The van der Waals surface area contributed by atoms with Gasteiger partial charge in [-0.2, -0.15) is 5.10 Å². The van der Waals surface area contributed by atoms with Crippen LogP contribution in [0.3, 0.4) is 0 Å². The lowest BCUT2D eigenvalue weighted by atomic mass is 10.2. The van der Waals surface area contributed by atoms with Crippen molar-refractivity contribution < 1.29 is 5.11 Å². The lowest BCUT2D eigenvalue weighted by molar-refractivity contribution is 0.210. The highest BCUT2D eigenvalue weighted by atomic mass is 16.3. The molecule has 0 bridgehead atoms. The van der Waals surface area contributed by atoms with Gasteiger partial charge in [-0.15, -0.1) is 0 Å². The van der Waals surface area contributed by atoms with Crippen LogP contribution >= 0.6 is 0 Å². The van der Waals surface area contributed by atoms with E-state index in [2.05, 4.69) is 22.2 Å². The molecule has 1 heterocycles. The van der Waals surface area contributed by atoms with Gasteiger partial charge in [-0.1, -0.05) is 18.2 Å². The highest BCUT2D eigenvalue weighted by molar-refractivity contribution is 5.80. The van der Waals surface area contributed by atoms with Crippen molar-refractivity contribution in [3.63, 3.8) is 0 Å². The standard InChI is InChI=1S/C16H24N4O2/c1-13(12-19(2)9-10-21)17-7-8-20-16(22)15-6-4-3-5-14(15)11-18-20/h3-6,11,13,17,21H,7-10,12H2,1-2H3/t13-/m0/s1. The number of aliphatic hydroxyl groups excluding tert-OH is 1. The summed E-state index contributed by atoms with van der Waals surface area (Å²) in [6.07, 6.45) is 1.73. The summed E-state index contributed by atoms with van der Waals surface area (Å²) in [5.74, 6) is 0. The van der Waals surface area contributed by atoms with E-state index in [1.165, 1.54) is 4.68 Å². The molecule has 0 aliphatic rings. The molecule has 2 rings (SSSR count). The Morgan fingerprint density at radius 2 is 2.18 bits per heavy atom. The molecular weight excluding hydrogens is 280 g/mol. The third-order valence-electron chi connectivity index (χ3n) is 3.65. The van der Waals surface area contributed by atoms with Crippen LogP contribution in [0.5, 0.6) is 0 Å². The van der Waals surface area contributed by atoms with Crippen molar-refractivity contribution in [2.45, 2.75) is 19.5 Å². The van der Waals surface area contributed by atoms with Crippen molar-refractivity contribution in [1.82, 2.24) is 20.0 Å². The molecule has 0 aliphatic carbocycles. The Bertz CT molecular complexity index is 656. The third kappa shape index (κ3) is 4.37. The van der Waals surface area contributed by atoms with Crippen molar-refractivity contribution in [3.05, 3.63) is 40.8 Å². The first kappa shape index (κ1) is 16.6. The minimum Gasteiger partial charge on any atom is -0.395 e. The number of nitrogens with zero attached hydrogens (tertiary/aromatic N) is 3. The van der Waals surface area contributed by atoms with E-state index in [0.717, 1.165) is 11.9 Å². The Hall–Kier alpha value is -1.76. The largest absolute Gasteiger partial charge is 0.395 e. The van der Waals surface area contributed by atoms with E-state index in [9.17, 15) is 4.79 Å². The van der Waals surface area contributed by atoms with E-state index < -0.39 is 0 Å². The average molecular weight is 304 g/mol. The highest BCUT2D eigenvalue weighted by Gasteiger charge is 2.07. The van der Waals surface area contributed by atoms with E-state index in [1.54, 1.807) is 6.20 Å². The number of aliphatic hydroxyl groups is 1. The van der Waals surface area contributed by atoms with Crippen LogP contribution in [0.4, 0.5) is 0 Å². The van der Waals surface area contributed by atoms with Crippen LogP contribution < -0.4 is 10.9 Å². The zero-order valence-electron chi connectivity index (χ0n) is 13.2. The van der Waals surface area contributed by atoms with E-state index >= 15 is 0 Å². The highest BCUT2D eigenvalue weighted by Crippen LogP contribution is 2.06. The molecule has 0 saturated carbocycles. The fraction of sp³-hybridized carbons (Fsp3) is 0.500. The van der Waals surface area contributed by atoms with Crippen molar-refractivity contribution in [3.8, 4) is 0 Å². The summed E-state index contributed by atoms with van der Waals surface area (Å²) in [6, 6.07) is 7.78. The summed E-state index contributed by atoms with van der Waals surface area (Å²) in [6.45, 7) is 4.99. The van der Waals surface area contributed by atoms with Crippen LogP contribution in [0.2, 0.25) is 0 Å². The van der Waals surface area contributed by atoms with Gasteiger partial charge in [0.1, 0.15) is 0 Å². The molecule has 2 N–H and O–H groups in total. The second-order valence-corrected chi connectivity index (χ2v) is 5.60. The quantitative estimate of drug-likeness (QED) is 0.734. The van der Waals surface area contributed by atoms with Gasteiger partial charge in [0.15, 0.2) is 0 Å². The van der Waals surface area contributed by atoms with Gasteiger partial charge in [-0.3, -0.25) is 4.79 Å². The molecule has 0 amide bonds. The first-order valence-electron chi connectivity index (χ1n) is 7.59. The molecule has 1 atom stereocenters. The van der Waals surface area contributed by atoms with Gasteiger partial charge in [0.05, 0.1) is 24.7 Å². The third-order valence-corrected chi connectivity index (χ3v) is 3.65. The Morgan fingerprint density at radius 3 is 2.95 bits per heavy atom. The number of rotatable bonds is 8. The monoisotopic (exact) mass is 304 g/mol. The van der Waals surface area contributed by atoms with Crippen molar-refractivity contribution in [2.24, 2.45) is 0 Å². The summed E-state index contributed by atoms with van der Waals surface area (Å²) in [4.78, 5) is 14.4. The normalized spacial score (nSPS) is 12.9. The van der Waals surface area contributed by atoms with Crippen LogP contribution in [-0.2, 0) is 6.54 Å². The van der Waals surface area contributed by atoms with Gasteiger partial charge < -0.3 is 15.3 Å². The molecule has 0 unspecified atom stereocenters. The first-order valence-corrected chi connectivity index (χ1v) is 7.59. The summed E-state index contributed by atoms with van der Waals surface area (Å²) < 4.78 is 1.50. The predicted octanol–water partition coefficient (Wildman–Crippen LogP) is 0.299. The maximum atomic E-state index is 12.3. The smallest absolute Gasteiger partial charge is 0.274 e.